The molecule has 2 aromatic rings. The maximum absolute atomic E-state index is 13.5. The van der Waals surface area contributed by atoms with Gasteiger partial charge in [-0.05, 0) is 35.2 Å². The number of carboxylic acids is 1. The van der Waals surface area contributed by atoms with Crippen LogP contribution in [0.3, 0.4) is 0 Å². The van der Waals surface area contributed by atoms with Gasteiger partial charge in [0, 0.05) is 16.5 Å². The van der Waals surface area contributed by atoms with E-state index in [1.54, 1.807) is 23.5 Å². The van der Waals surface area contributed by atoms with Gasteiger partial charge in [-0.1, -0.05) is 12.1 Å². The van der Waals surface area contributed by atoms with Gasteiger partial charge in [0.1, 0.15) is 5.82 Å². The van der Waals surface area contributed by atoms with Gasteiger partial charge in [-0.15, -0.1) is 11.3 Å². The van der Waals surface area contributed by atoms with Crippen LogP contribution < -0.4 is 0 Å². The zero-order chi connectivity index (χ0) is 14.4. The highest BCUT2D eigenvalue weighted by atomic mass is 32.1. The van der Waals surface area contributed by atoms with Gasteiger partial charge in [0.15, 0.2) is 0 Å². The number of hydrogen-bond acceptors (Lipinski definition) is 3. The van der Waals surface area contributed by atoms with E-state index in [1.165, 1.54) is 12.1 Å². The fourth-order valence-electron chi connectivity index (χ4n) is 1.64. The van der Waals surface area contributed by atoms with Crippen LogP contribution in [0.1, 0.15) is 16.0 Å². The van der Waals surface area contributed by atoms with Gasteiger partial charge in [-0.3, -0.25) is 0 Å². The standard InChI is InChI=1S/C15H13FO3S/c16-14-5-3-11(8-12(14)4-6-15(17)18)9-19-10-13-2-1-7-20-13/h1-8H,9-10H2,(H,17,18). The lowest BCUT2D eigenvalue weighted by Gasteiger charge is -2.05. The summed E-state index contributed by atoms with van der Waals surface area (Å²) >= 11 is 1.61. The first-order chi connectivity index (χ1) is 9.65. The largest absolute Gasteiger partial charge is 0.478 e. The first kappa shape index (κ1) is 14.4. The number of rotatable bonds is 6. The molecule has 1 aromatic carbocycles. The maximum atomic E-state index is 13.5. The Morgan fingerprint density at radius 1 is 1.35 bits per heavy atom. The summed E-state index contributed by atoms with van der Waals surface area (Å²) in [6.45, 7) is 0.863. The van der Waals surface area contributed by atoms with E-state index in [4.69, 9.17) is 9.84 Å². The molecule has 3 nitrogen and oxygen atoms in total. The number of benzene rings is 1. The van der Waals surface area contributed by atoms with Gasteiger partial charge in [-0.2, -0.15) is 0 Å². The lowest BCUT2D eigenvalue weighted by molar-refractivity contribution is -0.131. The number of thiophene rings is 1. The minimum Gasteiger partial charge on any atom is -0.478 e. The summed E-state index contributed by atoms with van der Waals surface area (Å²) in [6, 6.07) is 8.46. The van der Waals surface area contributed by atoms with Gasteiger partial charge in [-0.25, -0.2) is 9.18 Å². The van der Waals surface area contributed by atoms with Gasteiger partial charge >= 0.3 is 5.97 Å². The summed E-state index contributed by atoms with van der Waals surface area (Å²) in [5.74, 6) is -1.56. The van der Waals surface area contributed by atoms with Crippen molar-refractivity contribution in [2.75, 3.05) is 0 Å². The quantitative estimate of drug-likeness (QED) is 0.826. The monoisotopic (exact) mass is 292 g/mol. The van der Waals surface area contributed by atoms with Crippen LogP contribution in [0.15, 0.2) is 41.8 Å². The molecule has 0 saturated heterocycles. The van der Waals surface area contributed by atoms with Crippen molar-refractivity contribution in [3.05, 3.63) is 63.6 Å². The first-order valence-electron chi connectivity index (χ1n) is 5.95. The van der Waals surface area contributed by atoms with Crippen LogP contribution in [0, 0.1) is 5.82 Å². The molecule has 0 amide bonds. The average molecular weight is 292 g/mol. The van der Waals surface area contributed by atoms with Crippen LogP contribution in [0.4, 0.5) is 4.39 Å². The zero-order valence-corrected chi connectivity index (χ0v) is 11.4. The van der Waals surface area contributed by atoms with Crippen molar-refractivity contribution in [2.45, 2.75) is 13.2 Å². The normalized spacial score (nSPS) is 11.1. The van der Waals surface area contributed by atoms with Crippen LogP contribution in [0.2, 0.25) is 0 Å². The Bertz CT molecular complexity index is 606. The SMILES string of the molecule is O=C(O)C=Cc1cc(COCc2cccs2)ccc1F. The molecule has 0 bridgehead atoms. The van der Waals surface area contributed by atoms with Crippen molar-refractivity contribution in [1.29, 1.82) is 0 Å². The van der Waals surface area contributed by atoms with Crippen molar-refractivity contribution >= 4 is 23.4 Å². The molecule has 2 rings (SSSR count). The number of carboxylic acid groups (broad SMARTS) is 1. The molecule has 0 aliphatic heterocycles. The Balaban J connectivity index is 1.98. The molecule has 1 N–H and O–H groups in total. The molecular weight excluding hydrogens is 279 g/mol. The molecule has 5 heteroatoms. The van der Waals surface area contributed by atoms with E-state index < -0.39 is 11.8 Å². The molecule has 0 spiro atoms. The van der Waals surface area contributed by atoms with Crippen LogP contribution in [-0.2, 0) is 22.7 Å². The molecule has 0 saturated carbocycles. The molecule has 0 atom stereocenters. The summed E-state index contributed by atoms with van der Waals surface area (Å²) in [5.41, 5.74) is 1.04. The first-order valence-corrected chi connectivity index (χ1v) is 6.82. The van der Waals surface area contributed by atoms with E-state index in [1.807, 2.05) is 17.5 Å². The molecule has 0 fully saturated rings. The van der Waals surface area contributed by atoms with Crippen molar-refractivity contribution in [3.8, 4) is 0 Å². The highest BCUT2D eigenvalue weighted by molar-refractivity contribution is 7.09. The zero-order valence-electron chi connectivity index (χ0n) is 10.6. The predicted molar refractivity (Wildman–Crippen MR) is 75.9 cm³/mol. The van der Waals surface area contributed by atoms with E-state index in [9.17, 15) is 9.18 Å². The highest BCUT2D eigenvalue weighted by Crippen LogP contribution is 2.15. The van der Waals surface area contributed by atoms with E-state index in [0.717, 1.165) is 16.5 Å². The summed E-state index contributed by atoms with van der Waals surface area (Å²) in [5, 5.41) is 10.5. The molecular formula is C15H13FO3S. The topological polar surface area (TPSA) is 46.5 Å². The maximum Gasteiger partial charge on any atom is 0.328 e. The average Bonchev–Trinajstić information content (AvgIpc) is 2.92. The molecule has 0 aliphatic carbocycles. The predicted octanol–water partition coefficient (Wildman–Crippen LogP) is 3.70. The Labute approximate surface area is 119 Å². The molecule has 0 radical (unpaired) electrons. The third kappa shape index (κ3) is 4.29. The molecule has 104 valence electrons. The van der Waals surface area contributed by atoms with Crippen molar-refractivity contribution in [3.63, 3.8) is 0 Å². The minimum atomic E-state index is -1.11. The fourth-order valence-corrected chi connectivity index (χ4v) is 2.28. The summed E-state index contributed by atoms with van der Waals surface area (Å²) in [7, 11) is 0. The van der Waals surface area contributed by atoms with Gasteiger partial charge < -0.3 is 9.84 Å². The lowest BCUT2D eigenvalue weighted by Crippen LogP contribution is -1.95. The summed E-state index contributed by atoms with van der Waals surface area (Å²) in [6.07, 6.45) is 2.15. The number of ether oxygens (including phenoxy) is 1. The van der Waals surface area contributed by atoms with E-state index in [-0.39, 0.29) is 5.56 Å². The van der Waals surface area contributed by atoms with Gasteiger partial charge in [0.05, 0.1) is 13.2 Å². The minimum absolute atomic E-state index is 0.240. The molecule has 0 aliphatic rings. The highest BCUT2D eigenvalue weighted by Gasteiger charge is 2.02. The van der Waals surface area contributed by atoms with Gasteiger partial charge in [0.25, 0.3) is 0 Å². The van der Waals surface area contributed by atoms with Crippen molar-refractivity contribution in [1.82, 2.24) is 0 Å². The van der Waals surface area contributed by atoms with Crippen molar-refractivity contribution < 1.29 is 19.0 Å². The number of aliphatic carboxylic acids is 1. The lowest BCUT2D eigenvalue weighted by atomic mass is 10.1. The van der Waals surface area contributed by atoms with Crippen LogP contribution in [-0.4, -0.2) is 11.1 Å². The Morgan fingerprint density at radius 2 is 2.20 bits per heavy atom. The van der Waals surface area contributed by atoms with Crippen LogP contribution >= 0.6 is 11.3 Å². The fraction of sp³-hybridized carbons (Fsp3) is 0.133. The second-order valence-corrected chi connectivity index (χ2v) is 5.13. The van der Waals surface area contributed by atoms with E-state index in [2.05, 4.69) is 0 Å². The summed E-state index contributed by atoms with van der Waals surface area (Å²) in [4.78, 5) is 11.6. The molecule has 1 heterocycles. The van der Waals surface area contributed by atoms with Crippen LogP contribution in [0.5, 0.6) is 0 Å². The number of halogens is 1. The third-order valence-electron chi connectivity index (χ3n) is 2.56. The smallest absolute Gasteiger partial charge is 0.328 e. The van der Waals surface area contributed by atoms with Crippen molar-refractivity contribution in [2.24, 2.45) is 0 Å². The Morgan fingerprint density at radius 3 is 2.90 bits per heavy atom. The van der Waals surface area contributed by atoms with Gasteiger partial charge in [0.2, 0.25) is 0 Å². The second kappa shape index (κ2) is 6.98. The Kier molecular flexibility index (Phi) is 5.03. The third-order valence-corrected chi connectivity index (χ3v) is 3.41. The molecule has 20 heavy (non-hydrogen) atoms. The van der Waals surface area contributed by atoms with Crippen LogP contribution in [0.25, 0.3) is 6.08 Å². The van der Waals surface area contributed by atoms with E-state index >= 15 is 0 Å². The number of hydrogen-bond donors (Lipinski definition) is 1. The summed E-state index contributed by atoms with van der Waals surface area (Å²) < 4.78 is 19.0. The van der Waals surface area contributed by atoms with E-state index in [0.29, 0.717) is 13.2 Å². The molecule has 1 aromatic heterocycles. The second-order valence-electron chi connectivity index (χ2n) is 4.10. The molecule has 0 unspecified atom stereocenters. The Hall–Kier alpha value is -1.98. The number of carbonyl (C=O) groups is 1.